The summed E-state index contributed by atoms with van der Waals surface area (Å²) in [4.78, 5) is 15.9. The molecule has 0 atom stereocenters. The quantitative estimate of drug-likeness (QED) is 0.804. The average molecular weight is 274 g/mol. The maximum atomic E-state index is 11.3. The molecule has 2 heterocycles. The Morgan fingerprint density at radius 2 is 2.21 bits per heavy atom. The second kappa shape index (κ2) is 5.09. The fourth-order valence-electron chi connectivity index (χ4n) is 2.21. The SMILES string of the molecule is CCOc1ccc(-c2nc3n(c2C=O)CCS3)cc1. The van der Waals surface area contributed by atoms with Gasteiger partial charge in [-0.1, -0.05) is 11.8 Å². The van der Waals surface area contributed by atoms with Gasteiger partial charge in [-0.3, -0.25) is 4.79 Å². The number of imidazole rings is 1. The predicted molar refractivity (Wildman–Crippen MR) is 74.9 cm³/mol. The van der Waals surface area contributed by atoms with E-state index in [-0.39, 0.29) is 0 Å². The summed E-state index contributed by atoms with van der Waals surface area (Å²) in [6.45, 7) is 3.46. The molecule has 1 aliphatic rings. The summed E-state index contributed by atoms with van der Waals surface area (Å²) >= 11 is 1.69. The van der Waals surface area contributed by atoms with Crippen LogP contribution in [0.3, 0.4) is 0 Å². The van der Waals surface area contributed by atoms with Crippen molar-refractivity contribution in [2.24, 2.45) is 0 Å². The molecule has 0 amide bonds. The van der Waals surface area contributed by atoms with Crippen LogP contribution in [0.25, 0.3) is 11.3 Å². The van der Waals surface area contributed by atoms with Crippen LogP contribution in [0.15, 0.2) is 29.4 Å². The monoisotopic (exact) mass is 274 g/mol. The number of fused-ring (bicyclic) bond motifs is 1. The van der Waals surface area contributed by atoms with E-state index < -0.39 is 0 Å². The number of carbonyl (C=O) groups excluding carboxylic acids is 1. The highest BCUT2D eigenvalue weighted by Crippen LogP contribution is 2.32. The number of carbonyl (C=O) groups is 1. The third-order valence-corrected chi connectivity index (χ3v) is 4.02. The zero-order valence-corrected chi connectivity index (χ0v) is 11.4. The molecule has 5 heteroatoms. The summed E-state index contributed by atoms with van der Waals surface area (Å²) < 4.78 is 7.40. The first-order valence-corrected chi connectivity index (χ1v) is 7.23. The van der Waals surface area contributed by atoms with Crippen molar-refractivity contribution in [1.29, 1.82) is 0 Å². The van der Waals surface area contributed by atoms with E-state index in [0.29, 0.717) is 12.3 Å². The number of rotatable bonds is 4. The Balaban J connectivity index is 2.00. The minimum atomic E-state index is 0.647. The van der Waals surface area contributed by atoms with Gasteiger partial charge in [0, 0.05) is 17.9 Å². The van der Waals surface area contributed by atoms with Crippen LogP contribution >= 0.6 is 11.8 Å². The number of hydrogen-bond donors (Lipinski definition) is 0. The van der Waals surface area contributed by atoms with E-state index in [0.717, 1.165) is 40.7 Å². The average Bonchev–Trinajstić information content (AvgIpc) is 3.00. The van der Waals surface area contributed by atoms with Crippen LogP contribution in [-0.4, -0.2) is 28.2 Å². The lowest BCUT2D eigenvalue weighted by molar-refractivity contribution is 0.111. The van der Waals surface area contributed by atoms with E-state index in [1.165, 1.54) is 0 Å². The first-order chi connectivity index (χ1) is 9.33. The number of aromatic nitrogens is 2. The number of aldehydes is 1. The maximum absolute atomic E-state index is 11.3. The Labute approximate surface area is 115 Å². The Bertz CT molecular complexity index is 605. The number of ether oxygens (including phenoxy) is 1. The van der Waals surface area contributed by atoms with Gasteiger partial charge in [-0.25, -0.2) is 4.98 Å². The van der Waals surface area contributed by atoms with Gasteiger partial charge in [-0.2, -0.15) is 0 Å². The van der Waals surface area contributed by atoms with Crippen molar-refractivity contribution in [3.8, 4) is 17.0 Å². The Hall–Kier alpha value is -1.75. The van der Waals surface area contributed by atoms with E-state index in [1.807, 2.05) is 35.8 Å². The summed E-state index contributed by atoms with van der Waals surface area (Å²) in [6.07, 6.45) is 0.897. The van der Waals surface area contributed by atoms with Crippen molar-refractivity contribution in [3.63, 3.8) is 0 Å². The predicted octanol–water partition coefficient (Wildman–Crippen LogP) is 2.87. The second-order valence-electron chi connectivity index (χ2n) is 4.20. The number of benzene rings is 1. The fourth-order valence-corrected chi connectivity index (χ4v) is 3.16. The van der Waals surface area contributed by atoms with Crippen LogP contribution in [0.5, 0.6) is 5.75 Å². The van der Waals surface area contributed by atoms with Crippen LogP contribution in [0.4, 0.5) is 0 Å². The molecule has 1 aromatic heterocycles. The highest BCUT2D eigenvalue weighted by Gasteiger charge is 2.22. The summed E-state index contributed by atoms with van der Waals surface area (Å²) in [5, 5.41) is 0.936. The van der Waals surface area contributed by atoms with Crippen molar-refractivity contribution in [2.45, 2.75) is 18.6 Å². The topological polar surface area (TPSA) is 44.1 Å². The standard InChI is InChI=1S/C14H14N2O2S/c1-2-18-11-5-3-10(4-6-11)13-12(9-17)16-7-8-19-14(16)15-13/h3-6,9H,2,7-8H2,1H3. The van der Waals surface area contributed by atoms with Gasteiger partial charge < -0.3 is 9.30 Å². The molecule has 1 aliphatic heterocycles. The van der Waals surface area contributed by atoms with Gasteiger partial charge in [0.15, 0.2) is 11.4 Å². The van der Waals surface area contributed by atoms with Gasteiger partial charge in [0.05, 0.1) is 6.61 Å². The molecule has 2 aromatic rings. The van der Waals surface area contributed by atoms with Crippen LogP contribution < -0.4 is 4.74 Å². The van der Waals surface area contributed by atoms with Crippen molar-refractivity contribution < 1.29 is 9.53 Å². The molecule has 0 spiro atoms. The minimum absolute atomic E-state index is 0.647. The normalized spacial score (nSPS) is 13.3. The van der Waals surface area contributed by atoms with Gasteiger partial charge in [-0.05, 0) is 31.2 Å². The minimum Gasteiger partial charge on any atom is -0.494 e. The highest BCUT2D eigenvalue weighted by atomic mass is 32.2. The lowest BCUT2D eigenvalue weighted by atomic mass is 10.1. The molecular weight excluding hydrogens is 260 g/mol. The summed E-state index contributed by atoms with van der Waals surface area (Å²) in [7, 11) is 0. The Morgan fingerprint density at radius 1 is 1.42 bits per heavy atom. The molecule has 98 valence electrons. The van der Waals surface area contributed by atoms with Crippen molar-refractivity contribution in [3.05, 3.63) is 30.0 Å². The fraction of sp³-hybridized carbons (Fsp3) is 0.286. The van der Waals surface area contributed by atoms with E-state index >= 15 is 0 Å². The summed E-state index contributed by atoms with van der Waals surface area (Å²) in [5.74, 6) is 1.83. The molecule has 3 rings (SSSR count). The van der Waals surface area contributed by atoms with E-state index in [1.54, 1.807) is 11.8 Å². The molecule has 0 N–H and O–H groups in total. The molecule has 19 heavy (non-hydrogen) atoms. The van der Waals surface area contributed by atoms with Gasteiger partial charge in [-0.15, -0.1) is 0 Å². The lowest BCUT2D eigenvalue weighted by Crippen LogP contribution is -2.00. The largest absolute Gasteiger partial charge is 0.494 e. The zero-order valence-electron chi connectivity index (χ0n) is 10.6. The summed E-state index contributed by atoms with van der Waals surface area (Å²) in [6, 6.07) is 7.71. The first kappa shape index (κ1) is 12.3. The molecule has 0 fully saturated rings. The van der Waals surface area contributed by atoms with Gasteiger partial charge in [0.25, 0.3) is 0 Å². The zero-order chi connectivity index (χ0) is 13.2. The van der Waals surface area contributed by atoms with E-state index in [9.17, 15) is 4.79 Å². The molecule has 0 saturated heterocycles. The van der Waals surface area contributed by atoms with Crippen LogP contribution in [0.2, 0.25) is 0 Å². The molecule has 0 radical (unpaired) electrons. The highest BCUT2D eigenvalue weighted by molar-refractivity contribution is 7.99. The van der Waals surface area contributed by atoms with Crippen molar-refractivity contribution in [1.82, 2.24) is 9.55 Å². The summed E-state index contributed by atoms with van der Waals surface area (Å²) in [5.41, 5.74) is 2.39. The smallest absolute Gasteiger partial charge is 0.169 e. The third-order valence-electron chi connectivity index (χ3n) is 3.07. The lowest BCUT2D eigenvalue weighted by Gasteiger charge is -2.04. The number of hydrogen-bond acceptors (Lipinski definition) is 4. The number of thioether (sulfide) groups is 1. The van der Waals surface area contributed by atoms with Crippen LogP contribution in [-0.2, 0) is 6.54 Å². The molecule has 0 unspecified atom stereocenters. The third kappa shape index (κ3) is 2.14. The Kier molecular flexibility index (Phi) is 3.29. The molecule has 0 saturated carbocycles. The molecule has 1 aromatic carbocycles. The van der Waals surface area contributed by atoms with Gasteiger partial charge >= 0.3 is 0 Å². The second-order valence-corrected chi connectivity index (χ2v) is 5.27. The molecule has 4 nitrogen and oxygen atoms in total. The first-order valence-electron chi connectivity index (χ1n) is 6.25. The molecular formula is C14H14N2O2S. The van der Waals surface area contributed by atoms with Gasteiger partial charge in [0.2, 0.25) is 0 Å². The van der Waals surface area contributed by atoms with Gasteiger partial charge in [0.1, 0.15) is 17.1 Å². The van der Waals surface area contributed by atoms with Crippen LogP contribution in [0, 0.1) is 0 Å². The molecule has 0 aliphatic carbocycles. The number of nitrogens with zero attached hydrogens (tertiary/aromatic N) is 2. The van der Waals surface area contributed by atoms with Crippen molar-refractivity contribution in [2.75, 3.05) is 12.4 Å². The van der Waals surface area contributed by atoms with Crippen molar-refractivity contribution >= 4 is 18.0 Å². The maximum Gasteiger partial charge on any atom is 0.169 e. The van der Waals surface area contributed by atoms with E-state index in [2.05, 4.69) is 4.98 Å². The van der Waals surface area contributed by atoms with Crippen LogP contribution in [0.1, 0.15) is 17.4 Å². The van der Waals surface area contributed by atoms with E-state index in [4.69, 9.17) is 4.74 Å². The molecule has 0 bridgehead atoms. The Morgan fingerprint density at radius 3 is 2.89 bits per heavy atom.